The maximum atomic E-state index is 13.0. The van der Waals surface area contributed by atoms with E-state index in [1.54, 1.807) is 48.2 Å². The van der Waals surface area contributed by atoms with E-state index in [2.05, 4.69) is 10.0 Å². The zero-order valence-corrected chi connectivity index (χ0v) is 25.2. The van der Waals surface area contributed by atoms with Crippen molar-refractivity contribution in [1.29, 1.82) is 0 Å². The Bertz CT molecular complexity index is 1710. The largest absolute Gasteiger partial charge is 0.495 e. The average molecular weight is 622 g/mol. The standard InChI is InChI=1S/C31H28ClN3O5S2/c1-20-3-16-28(40-2)27(17-20)34-42(38,39)26-14-12-25(13-15-26)33-30(37)22-6-8-23(9-7-22)31-35(29(36)19-41-31)18-21-4-10-24(32)11-5-21/h3-17,31,34H,18-19H2,1-2H3,(H,33,37)/t31-/m1/s1. The molecule has 4 aromatic carbocycles. The molecule has 1 aliphatic heterocycles. The van der Waals surface area contributed by atoms with Gasteiger partial charge >= 0.3 is 0 Å². The number of thioether (sulfide) groups is 1. The molecule has 0 saturated carbocycles. The molecule has 1 fully saturated rings. The number of carbonyl (C=O) groups excluding carboxylic acids is 2. The summed E-state index contributed by atoms with van der Waals surface area (Å²) in [5.41, 5.74) is 4.01. The second-order valence-corrected chi connectivity index (χ2v) is 12.9. The third kappa shape index (κ3) is 6.73. The van der Waals surface area contributed by atoms with Crippen LogP contribution in [0.1, 0.15) is 32.4 Å². The van der Waals surface area contributed by atoms with Crippen LogP contribution in [-0.4, -0.2) is 38.0 Å². The molecule has 4 aromatic rings. The molecule has 42 heavy (non-hydrogen) atoms. The van der Waals surface area contributed by atoms with Crippen molar-refractivity contribution in [2.75, 3.05) is 22.9 Å². The predicted octanol–water partition coefficient (Wildman–Crippen LogP) is 6.48. The Hall–Kier alpha value is -3.99. The van der Waals surface area contributed by atoms with E-state index in [0.29, 0.717) is 40.0 Å². The van der Waals surface area contributed by atoms with Crippen molar-refractivity contribution in [3.05, 3.63) is 118 Å². The molecule has 11 heteroatoms. The lowest BCUT2D eigenvalue weighted by atomic mass is 10.1. The van der Waals surface area contributed by atoms with Gasteiger partial charge in [-0.05, 0) is 84.3 Å². The van der Waals surface area contributed by atoms with E-state index in [9.17, 15) is 18.0 Å². The Balaban J connectivity index is 1.23. The molecule has 5 rings (SSSR count). The number of hydrogen-bond acceptors (Lipinski definition) is 6. The number of carbonyl (C=O) groups is 2. The van der Waals surface area contributed by atoms with Gasteiger partial charge in [0.25, 0.3) is 15.9 Å². The van der Waals surface area contributed by atoms with Gasteiger partial charge in [-0.3, -0.25) is 14.3 Å². The molecule has 2 amide bonds. The normalized spacial score (nSPS) is 15.0. The molecule has 1 aliphatic rings. The van der Waals surface area contributed by atoms with Crippen LogP contribution in [0.4, 0.5) is 11.4 Å². The molecular weight excluding hydrogens is 594 g/mol. The van der Waals surface area contributed by atoms with Gasteiger partial charge in [-0.15, -0.1) is 11.8 Å². The van der Waals surface area contributed by atoms with Gasteiger partial charge in [0.2, 0.25) is 5.91 Å². The van der Waals surface area contributed by atoms with E-state index in [-0.39, 0.29) is 22.1 Å². The first kappa shape index (κ1) is 29.5. The Morgan fingerprint density at radius 3 is 2.36 bits per heavy atom. The molecule has 0 aliphatic carbocycles. The number of halogens is 1. The van der Waals surface area contributed by atoms with Crippen LogP contribution in [0.25, 0.3) is 0 Å². The Labute approximate surface area is 254 Å². The number of amides is 2. The molecule has 1 atom stereocenters. The zero-order chi connectivity index (χ0) is 29.9. The summed E-state index contributed by atoms with van der Waals surface area (Å²) >= 11 is 7.54. The van der Waals surface area contributed by atoms with Crippen LogP contribution >= 0.6 is 23.4 Å². The summed E-state index contributed by atoms with van der Waals surface area (Å²) < 4.78 is 33.7. The second-order valence-electron chi connectivity index (χ2n) is 9.72. The summed E-state index contributed by atoms with van der Waals surface area (Å²) in [6.07, 6.45) is 0. The molecule has 2 N–H and O–H groups in total. The molecular formula is C31H28ClN3O5S2. The van der Waals surface area contributed by atoms with Crippen LogP contribution in [0.15, 0.2) is 95.9 Å². The highest BCUT2D eigenvalue weighted by Gasteiger charge is 2.32. The number of rotatable bonds is 9. The van der Waals surface area contributed by atoms with E-state index in [1.165, 1.54) is 31.4 Å². The molecule has 0 bridgehead atoms. The lowest BCUT2D eigenvalue weighted by molar-refractivity contribution is -0.128. The molecule has 0 unspecified atom stereocenters. The number of methoxy groups -OCH3 is 1. The summed E-state index contributed by atoms with van der Waals surface area (Å²) in [5, 5.41) is 3.28. The van der Waals surface area contributed by atoms with Gasteiger partial charge in [0.1, 0.15) is 11.1 Å². The lowest BCUT2D eigenvalue weighted by Crippen LogP contribution is -2.27. The fraction of sp³-hybridized carbons (Fsp3) is 0.161. The zero-order valence-electron chi connectivity index (χ0n) is 22.8. The van der Waals surface area contributed by atoms with Gasteiger partial charge in [0, 0.05) is 22.8 Å². The number of aryl methyl sites for hydroxylation is 1. The SMILES string of the molecule is COc1ccc(C)cc1NS(=O)(=O)c1ccc(NC(=O)c2ccc([C@H]3SCC(=O)N3Cc3ccc(Cl)cc3)cc2)cc1. The van der Waals surface area contributed by atoms with Crippen molar-refractivity contribution in [2.45, 2.75) is 23.7 Å². The first-order valence-corrected chi connectivity index (χ1v) is 15.9. The van der Waals surface area contributed by atoms with Gasteiger partial charge in [-0.2, -0.15) is 0 Å². The number of hydrogen-bond donors (Lipinski definition) is 2. The van der Waals surface area contributed by atoms with Crippen molar-refractivity contribution in [2.24, 2.45) is 0 Å². The minimum absolute atomic E-state index is 0.0418. The minimum atomic E-state index is -3.88. The molecule has 0 aromatic heterocycles. The van der Waals surface area contributed by atoms with Crippen LogP contribution in [-0.2, 0) is 21.4 Å². The summed E-state index contributed by atoms with van der Waals surface area (Å²) in [4.78, 5) is 27.4. The smallest absolute Gasteiger partial charge is 0.262 e. The van der Waals surface area contributed by atoms with Gasteiger partial charge in [0.15, 0.2) is 0 Å². The van der Waals surface area contributed by atoms with E-state index < -0.39 is 10.0 Å². The second kappa shape index (κ2) is 12.5. The van der Waals surface area contributed by atoms with E-state index in [0.717, 1.165) is 16.7 Å². The lowest BCUT2D eigenvalue weighted by Gasteiger charge is -2.24. The highest BCUT2D eigenvalue weighted by molar-refractivity contribution is 8.00. The van der Waals surface area contributed by atoms with Crippen LogP contribution in [0, 0.1) is 6.92 Å². The van der Waals surface area contributed by atoms with Crippen LogP contribution < -0.4 is 14.8 Å². The van der Waals surface area contributed by atoms with Gasteiger partial charge < -0.3 is 15.0 Å². The molecule has 1 heterocycles. The quantitative estimate of drug-likeness (QED) is 0.222. The Morgan fingerprint density at radius 1 is 1.00 bits per heavy atom. The molecule has 1 saturated heterocycles. The molecule has 8 nitrogen and oxygen atoms in total. The highest BCUT2D eigenvalue weighted by Crippen LogP contribution is 2.39. The topological polar surface area (TPSA) is 105 Å². The highest BCUT2D eigenvalue weighted by atomic mass is 35.5. The van der Waals surface area contributed by atoms with Crippen molar-refractivity contribution in [1.82, 2.24) is 4.90 Å². The number of sulfonamides is 1. The first-order chi connectivity index (χ1) is 20.1. The van der Waals surface area contributed by atoms with Crippen molar-refractivity contribution < 1.29 is 22.7 Å². The van der Waals surface area contributed by atoms with Crippen LogP contribution in [0.5, 0.6) is 5.75 Å². The minimum Gasteiger partial charge on any atom is -0.495 e. The van der Waals surface area contributed by atoms with Gasteiger partial charge in [-0.1, -0.05) is 41.9 Å². The molecule has 0 spiro atoms. The van der Waals surface area contributed by atoms with E-state index in [1.807, 2.05) is 42.2 Å². The maximum absolute atomic E-state index is 13.0. The number of nitrogens with zero attached hydrogens (tertiary/aromatic N) is 1. The number of ether oxygens (including phenoxy) is 1. The third-order valence-electron chi connectivity index (χ3n) is 6.71. The molecule has 216 valence electrons. The summed E-state index contributed by atoms with van der Waals surface area (Å²) in [7, 11) is -2.41. The van der Waals surface area contributed by atoms with Gasteiger partial charge in [0.05, 0.1) is 23.4 Å². The average Bonchev–Trinajstić information content (AvgIpc) is 3.34. The Morgan fingerprint density at radius 2 is 1.69 bits per heavy atom. The number of benzene rings is 4. The van der Waals surface area contributed by atoms with Crippen LogP contribution in [0.3, 0.4) is 0 Å². The van der Waals surface area contributed by atoms with Crippen LogP contribution in [0.2, 0.25) is 5.02 Å². The summed E-state index contributed by atoms with van der Waals surface area (Å²) in [6.45, 7) is 2.32. The first-order valence-electron chi connectivity index (χ1n) is 13.0. The summed E-state index contributed by atoms with van der Waals surface area (Å²) in [6, 6.07) is 25.7. The fourth-order valence-corrected chi connectivity index (χ4v) is 6.89. The fourth-order valence-electron chi connectivity index (χ4n) is 4.51. The number of anilines is 2. The van der Waals surface area contributed by atoms with Gasteiger partial charge in [-0.25, -0.2) is 8.42 Å². The number of nitrogens with one attached hydrogen (secondary N) is 2. The van der Waals surface area contributed by atoms with Crippen molar-refractivity contribution in [3.63, 3.8) is 0 Å². The maximum Gasteiger partial charge on any atom is 0.262 e. The summed E-state index contributed by atoms with van der Waals surface area (Å²) in [5.74, 6) is 0.514. The third-order valence-corrected chi connectivity index (χ3v) is 9.60. The van der Waals surface area contributed by atoms with Crippen molar-refractivity contribution in [3.8, 4) is 5.75 Å². The Kier molecular flexibility index (Phi) is 8.77. The molecule has 0 radical (unpaired) electrons. The van der Waals surface area contributed by atoms with E-state index >= 15 is 0 Å². The van der Waals surface area contributed by atoms with E-state index in [4.69, 9.17) is 16.3 Å². The predicted molar refractivity (Wildman–Crippen MR) is 167 cm³/mol. The van der Waals surface area contributed by atoms with Crippen molar-refractivity contribution >= 4 is 56.6 Å². The monoisotopic (exact) mass is 621 g/mol.